The number of urea groups is 1. The summed E-state index contributed by atoms with van der Waals surface area (Å²) in [7, 11) is 0. The summed E-state index contributed by atoms with van der Waals surface area (Å²) in [6, 6.07) is 5.74. The van der Waals surface area contributed by atoms with Crippen LogP contribution in [0.15, 0.2) is 24.3 Å². The van der Waals surface area contributed by atoms with Crippen LogP contribution in [0.4, 0.5) is 9.18 Å². The van der Waals surface area contributed by atoms with Gasteiger partial charge in [0.2, 0.25) is 0 Å². The van der Waals surface area contributed by atoms with E-state index < -0.39 is 5.60 Å². The van der Waals surface area contributed by atoms with E-state index in [1.807, 2.05) is 0 Å². The standard InChI is InChI=1S/C17H23FN2O2/c1-17(22,13-6-8-14(18)9-7-13)10-19-16(21)20-15(11-2-3-11)12-4-5-12/h6-9,11-12,15,22H,2-5,10H2,1H3,(H2,19,20,21). The van der Waals surface area contributed by atoms with Crippen molar-refractivity contribution in [3.63, 3.8) is 0 Å². The molecular formula is C17H23FN2O2. The van der Waals surface area contributed by atoms with Crippen LogP contribution in [0.3, 0.4) is 0 Å². The number of carbonyl (C=O) groups is 1. The smallest absolute Gasteiger partial charge is 0.315 e. The summed E-state index contributed by atoms with van der Waals surface area (Å²) in [5, 5.41) is 16.2. The van der Waals surface area contributed by atoms with Crippen molar-refractivity contribution in [2.45, 2.75) is 44.2 Å². The molecule has 3 rings (SSSR count). The Labute approximate surface area is 130 Å². The molecule has 2 aliphatic rings. The van der Waals surface area contributed by atoms with Crippen molar-refractivity contribution in [3.05, 3.63) is 35.6 Å². The molecule has 0 aliphatic heterocycles. The van der Waals surface area contributed by atoms with Crippen LogP contribution in [0.2, 0.25) is 0 Å². The van der Waals surface area contributed by atoms with Gasteiger partial charge in [-0.05, 0) is 62.1 Å². The van der Waals surface area contributed by atoms with Gasteiger partial charge >= 0.3 is 6.03 Å². The van der Waals surface area contributed by atoms with E-state index in [4.69, 9.17) is 0 Å². The van der Waals surface area contributed by atoms with Crippen molar-refractivity contribution < 1.29 is 14.3 Å². The average Bonchev–Trinajstić information content (AvgIpc) is 3.37. The molecule has 0 spiro atoms. The molecule has 2 saturated carbocycles. The highest BCUT2D eigenvalue weighted by atomic mass is 19.1. The van der Waals surface area contributed by atoms with Crippen molar-refractivity contribution in [2.75, 3.05) is 6.54 Å². The van der Waals surface area contributed by atoms with Crippen LogP contribution < -0.4 is 10.6 Å². The summed E-state index contributed by atoms with van der Waals surface area (Å²) in [6.07, 6.45) is 4.81. The first-order valence-electron chi connectivity index (χ1n) is 7.98. The van der Waals surface area contributed by atoms with E-state index in [9.17, 15) is 14.3 Å². The molecule has 120 valence electrons. The number of hydrogen-bond acceptors (Lipinski definition) is 2. The number of amides is 2. The summed E-state index contributed by atoms with van der Waals surface area (Å²) < 4.78 is 12.9. The zero-order valence-electron chi connectivity index (χ0n) is 12.8. The van der Waals surface area contributed by atoms with Gasteiger partial charge in [-0.1, -0.05) is 12.1 Å². The molecule has 5 heteroatoms. The first kappa shape index (κ1) is 15.3. The third kappa shape index (κ3) is 3.77. The van der Waals surface area contributed by atoms with E-state index in [0.717, 1.165) is 0 Å². The first-order chi connectivity index (χ1) is 10.5. The lowest BCUT2D eigenvalue weighted by molar-refractivity contribution is 0.0591. The van der Waals surface area contributed by atoms with Crippen molar-refractivity contribution >= 4 is 6.03 Å². The molecule has 2 aliphatic carbocycles. The molecule has 1 aromatic rings. The fraction of sp³-hybridized carbons (Fsp3) is 0.588. The quantitative estimate of drug-likeness (QED) is 0.756. The molecule has 1 aromatic carbocycles. The Balaban J connectivity index is 1.52. The number of carbonyl (C=O) groups excluding carboxylic acids is 1. The number of halogens is 1. The van der Waals surface area contributed by atoms with Crippen molar-refractivity contribution in [1.82, 2.24) is 10.6 Å². The minimum Gasteiger partial charge on any atom is -0.384 e. The average molecular weight is 306 g/mol. The van der Waals surface area contributed by atoms with Crippen molar-refractivity contribution in [2.24, 2.45) is 11.8 Å². The van der Waals surface area contributed by atoms with Gasteiger partial charge < -0.3 is 15.7 Å². The van der Waals surface area contributed by atoms with Crippen LogP contribution in [0.1, 0.15) is 38.2 Å². The molecule has 3 N–H and O–H groups in total. The largest absolute Gasteiger partial charge is 0.384 e. The molecule has 0 saturated heterocycles. The maximum atomic E-state index is 12.9. The zero-order chi connectivity index (χ0) is 15.7. The van der Waals surface area contributed by atoms with Crippen LogP contribution in [-0.2, 0) is 5.60 Å². The van der Waals surface area contributed by atoms with E-state index in [1.165, 1.54) is 49.9 Å². The molecule has 4 nitrogen and oxygen atoms in total. The summed E-state index contributed by atoms with van der Waals surface area (Å²) in [4.78, 5) is 12.1. The number of hydrogen-bond donors (Lipinski definition) is 3. The Bertz CT molecular complexity index is 524. The lowest BCUT2D eigenvalue weighted by Crippen LogP contribution is -2.48. The first-order valence-corrected chi connectivity index (χ1v) is 7.98. The second kappa shape index (κ2) is 5.88. The van der Waals surface area contributed by atoms with Crippen LogP contribution in [0.5, 0.6) is 0 Å². The molecule has 1 unspecified atom stereocenters. The molecule has 0 radical (unpaired) electrons. The number of benzene rings is 1. The Kier molecular flexibility index (Phi) is 4.08. The zero-order valence-corrected chi connectivity index (χ0v) is 12.8. The minimum atomic E-state index is -1.22. The van der Waals surface area contributed by atoms with Crippen LogP contribution >= 0.6 is 0 Å². The molecule has 0 heterocycles. The maximum Gasteiger partial charge on any atom is 0.315 e. The summed E-state index contributed by atoms with van der Waals surface area (Å²) in [5.41, 5.74) is -0.644. The van der Waals surface area contributed by atoms with E-state index in [0.29, 0.717) is 17.4 Å². The van der Waals surface area contributed by atoms with Gasteiger partial charge in [0.25, 0.3) is 0 Å². The number of rotatable bonds is 6. The topological polar surface area (TPSA) is 61.4 Å². The third-order valence-electron chi connectivity index (χ3n) is 4.62. The van der Waals surface area contributed by atoms with Gasteiger partial charge in [-0.25, -0.2) is 9.18 Å². The predicted molar refractivity (Wildman–Crippen MR) is 81.7 cm³/mol. The Morgan fingerprint density at radius 2 is 1.82 bits per heavy atom. The molecule has 2 fully saturated rings. The number of nitrogens with one attached hydrogen (secondary N) is 2. The lowest BCUT2D eigenvalue weighted by Gasteiger charge is -2.25. The van der Waals surface area contributed by atoms with E-state index >= 15 is 0 Å². The molecule has 0 bridgehead atoms. The lowest BCUT2D eigenvalue weighted by atomic mass is 9.96. The van der Waals surface area contributed by atoms with Crippen LogP contribution in [0, 0.1) is 17.7 Å². The molecule has 0 aromatic heterocycles. The Morgan fingerprint density at radius 3 is 2.32 bits per heavy atom. The Hall–Kier alpha value is -1.62. The van der Waals surface area contributed by atoms with Crippen molar-refractivity contribution in [1.29, 1.82) is 0 Å². The summed E-state index contributed by atoms with van der Waals surface area (Å²) in [5.74, 6) is 0.925. The minimum absolute atomic E-state index is 0.0898. The third-order valence-corrected chi connectivity index (χ3v) is 4.62. The Morgan fingerprint density at radius 1 is 1.27 bits per heavy atom. The summed E-state index contributed by atoms with van der Waals surface area (Å²) in [6.45, 7) is 1.70. The number of aliphatic hydroxyl groups is 1. The van der Waals surface area contributed by atoms with Gasteiger partial charge in [0.15, 0.2) is 0 Å². The van der Waals surface area contributed by atoms with E-state index in [2.05, 4.69) is 10.6 Å². The van der Waals surface area contributed by atoms with E-state index in [-0.39, 0.29) is 24.4 Å². The van der Waals surface area contributed by atoms with Crippen LogP contribution in [-0.4, -0.2) is 23.7 Å². The second-order valence-electron chi connectivity index (χ2n) is 6.81. The van der Waals surface area contributed by atoms with Gasteiger partial charge in [0, 0.05) is 6.04 Å². The molecule has 22 heavy (non-hydrogen) atoms. The molecule has 1 atom stereocenters. The second-order valence-corrected chi connectivity index (χ2v) is 6.81. The van der Waals surface area contributed by atoms with Crippen molar-refractivity contribution in [3.8, 4) is 0 Å². The van der Waals surface area contributed by atoms with Gasteiger partial charge in [0.05, 0.1) is 6.54 Å². The molecular weight excluding hydrogens is 283 g/mol. The monoisotopic (exact) mass is 306 g/mol. The van der Waals surface area contributed by atoms with Gasteiger partial charge in [-0.2, -0.15) is 0 Å². The highest BCUT2D eigenvalue weighted by molar-refractivity contribution is 5.74. The fourth-order valence-electron chi connectivity index (χ4n) is 2.90. The van der Waals surface area contributed by atoms with Gasteiger partial charge in [0.1, 0.15) is 11.4 Å². The van der Waals surface area contributed by atoms with E-state index in [1.54, 1.807) is 6.92 Å². The highest BCUT2D eigenvalue weighted by Crippen LogP contribution is 2.44. The SMILES string of the molecule is CC(O)(CNC(=O)NC(C1CC1)C1CC1)c1ccc(F)cc1. The maximum absolute atomic E-state index is 12.9. The fourth-order valence-corrected chi connectivity index (χ4v) is 2.90. The van der Waals surface area contributed by atoms with Gasteiger partial charge in [-0.15, -0.1) is 0 Å². The highest BCUT2D eigenvalue weighted by Gasteiger charge is 2.42. The molecule has 2 amide bonds. The normalized spacial score (nSPS) is 20.5. The van der Waals surface area contributed by atoms with Crippen LogP contribution in [0.25, 0.3) is 0 Å². The van der Waals surface area contributed by atoms with Gasteiger partial charge in [-0.3, -0.25) is 0 Å². The predicted octanol–water partition coefficient (Wildman–Crippen LogP) is 2.52. The summed E-state index contributed by atoms with van der Waals surface area (Å²) >= 11 is 0.